The number of rotatable bonds is 3. The number of imide groups is 1. The average Bonchev–Trinajstić information content (AvgIpc) is 2.25. The molecule has 0 aliphatic carbocycles. The first-order chi connectivity index (χ1) is 8.34. The van der Waals surface area contributed by atoms with Gasteiger partial charge < -0.3 is 10.8 Å². The van der Waals surface area contributed by atoms with E-state index in [1.54, 1.807) is 0 Å². The molecule has 7 nitrogen and oxygen atoms in total. The lowest BCUT2D eigenvalue weighted by Crippen LogP contribution is -2.45. The van der Waals surface area contributed by atoms with Gasteiger partial charge in [-0.25, -0.2) is 9.69 Å². The number of aromatic hydroxyl groups is 1. The number of benzene rings is 1. The number of nitrogens with zero attached hydrogens (tertiary/aromatic N) is 1. The minimum atomic E-state index is -1.40. The van der Waals surface area contributed by atoms with Gasteiger partial charge in [-0.1, -0.05) is 12.1 Å². The first-order valence-electron chi connectivity index (χ1n) is 4.98. The molecule has 1 aromatic rings. The number of amides is 4. The Morgan fingerprint density at radius 1 is 1.28 bits per heavy atom. The van der Waals surface area contributed by atoms with E-state index in [0.717, 1.165) is 6.92 Å². The molecule has 1 atom stereocenters. The standard InChI is InChI=1S/C11H12N3O4/c1-6(15)14(11(13)18)9(10(12)17)7-2-4-8(16)5-3-7/h2-5,9,12,16H,1H3,(H2,13,18). The highest BCUT2D eigenvalue weighted by Gasteiger charge is 2.32. The fraction of sp³-hybridized carbons (Fsp3) is 0.182. The summed E-state index contributed by atoms with van der Waals surface area (Å²) in [6, 6.07) is 2.73. The van der Waals surface area contributed by atoms with Crippen molar-refractivity contribution in [3.8, 4) is 5.75 Å². The van der Waals surface area contributed by atoms with Crippen molar-refractivity contribution in [3.63, 3.8) is 0 Å². The van der Waals surface area contributed by atoms with E-state index < -0.39 is 23.9 Å². The van der Waals surface area contributed by atoms with Crippen molar-refractivity contribution in [3.05, 3.63) is 29.8 Å². The zero-order valence-electron chi connectivity index (χ0n) is 9.58. The fourth-order valence-electron chi connectivity index (χ4n) is 1.54. The largest absolute Gasteiger partial charge is 0.508 e. The highest BCUT2D eigenvalue weighted by atomic mass is 16.3. The Labute approximate surface area is 103 Å². The van der Waals surface area contributed by atoms with E-state index in [1.165, 1.54) is 24.3 Å². The number of phenols is 1. The van der Waals surface area contributed by atoms with Crippen LogP contribution in [0, 0.1) is 0 Å². The van der Waals surface area contributed by atoms with Gasteiger partial charge in [-0.05, 0) is 17.7 Å². The van der Waals surface area contributed by atoms with E-state index in [1.807, 2.05) is 0 Å². The molecule has 1 rings (SSSR count). The SMILES string of the molecule is CC(=O)N(C(N)=O)C(C([NH])=O)c1ccc(O)cc1. The van der Waals surface area contributed by atoms with Crippen LogP contribution in [0.15, 0.2) is 24.3 Å². The van der Waals surface area contributed by atoms with Gasteiger partial charge in [0.1, 0.15) is 11.8 Å². The van der Waals surface area contributed by atoms with Gasteiger partial charge in [0, 0.05) is 6.92 Å². The molecule has 0 aliphatic heterocycles. The van der Waals surface area contributed by atoms with Gasteiger partial charge in [-0.15, -0.1) is 0 Å². The Morgan fingerprint density at radius 2 is 1.78 bits per heavy atom. The summed E-state index contributed by atoms with van der Waals surface area (Å²) < 4.78 is 0. The van der Waals surface area contributed by atoms with Crippen LogP contribution in [0.4, 0.5) is 4.79 Å². The third kappa shape index (κ3) is 2.76. The van der Waals surface area contributed by atoms with Crippen molar-refractivity contribution >= 4 is 17.8 Å². The number of nitrogens with one attached hydrogen (secondary N) is 1. The Kier molecular flexibility index (Phi) is 3.88. The lowest BCUT2D eigenvalue weighted by atomic mass is 10.0. The number of primary amides is 1. The third-order valence-electron chi connectivity index (χ3n) is 2.29. The predicted octanol–water partition coefficient (Wildman–Crippen LogP) is 0.170. The second-order valence-corrected chi connectivity index (χ2v) is 3.59. The van der Waals surface area contributed by atoms with Crippen LogP contribution in [0.2, 0.25) is 0 Å². The lowest BCUT2D eigenvalue weighted by molar-refractivity contribution is -0.134. The smallest absolute Gasteiger partial charge is 0.322 e. The number of hydrogen-bond donors (Lipinski definition) is 2. The van der Waals surface area contributed by atoms with Crippen molar-refractivity contribution in [1.29, 1.82) is 0 Å². The molecule has 0 aromatic heterocycles. The van der Waals surface area contributed by atoms with Gasteiger partial charge in [0.15, 0.2) is 0 Å². The Morgan fingerprint density at radius 3 is 2.11 bits per heavy atom. The molecular weight excluding hydrogens is 238 g/mol. The van der Waals surface area contributed by atoms with Crippen molar-refractivity contribution < 1.29 is 19.5 Å². The molecule has 95 valence electrons. The van der Waals surface area contributed by atoms with E-state index in [4.69, 9.17) is 16.6 Å². The van der Waals surface area contributed by atoms with Crippen LogP contribution in [0.25, 0.3) is 0 Å². The van der Waals surface area contributed by atoms with Crippen LogP contribution >= 0.6 is 0 Å². The van der Waals surface area contributed by atoms with Gasteiger partial charge >= 0.3 is 6.03 Å². The molecule has 0 spiro atoms. The number of carbonyl (C=O) groups excluding carboxylic acids is 3. The van der Waals surface area contributed by atoms with Crippen molar-refractivity contribution in [2.45, 2.75) is 13.0 Å². The summed E-state index contributed by atoms with van der Waals surface area (Å²) in [6.45, 7) is 1.07. The van der Waals surface area contributed by atoms with Crippen LogP contribution in [0.5, 0.6) is 5.75 Å². The van der Waals surface area contributed by atoms with E-state index in [0.29, 0.717) is 4.90 Å². The summed E-state index contributed by atoms with van der Waals surface area (Å²) >= 11 is 0. The van der Waals surface area contributed by atoms with Gasteiger partial charge in [0.2, 0.25) is 5.91 Å². The van der Waals surface area contributed by atoms with Gasteiger partial charge in [0.25, 0.3) is 5.91 Å². The molecule has 0 saturated carbocycles. The molecule has 7 heteroatoms. The van der Waals surface area contributed by atoms with Crippen LogP contribution in [0.3, 0.4) is 0 Å². The van der Waals surface area contributed by atoms with Crippen molar-refractivity contribution in [2.75, 3.05) is 0 Å². The minimum Gasteiger partial charge on any atom is -0.508 e. The molecular formula is C11H12N3O4. The van der Waals surface area contributed by atoms with Crippen LogP contribution in [0.1, 0.15) is 18.5 Å². The van der Waals surface area contributed by atoms with Crippen molar-refractivity contribution in [2.24, 2.45) is 5.73 Å². The van der Waals surface area contributed by atoms with E-state index in [2.05, 4.69) is 0 Å². The summed E-state index contributed by atoms with van der Waals surface area (Å²) in [5, 5.41) is 9.13. The number of nitrogens with two attached hydrogens (primary N) is 1. The Bertz CT molecular complexity index is 470. The van der Waals surface area contributed by atoms with E-state index in [-0.39, 0.29) is 11.3 Å². The second-order valence-electron chi connectivity index (χ2n) is 3.59. The molecule has 0 saturated heterocycles. The molecule has 4 N–H and O–H groups in total. The van der Waals surface area contributed by atoms with Crippen LogP contribution < -0.4 is 11.5 Å². The first kappa shape index (κ1) is 13.5. The maximum atomic E-state index is 11.3. The molecule has 1 unspecified atom stereocenters. The zero-order chi connectivity index (χ0) is 13.9. The van der Waals surface area contributed by atoms with E-state index >= 15 is 0 Å². The predicted molar refractivity (Wildman–Crippen MR) is 61.1 cm³/mol. The lowest BCUT2D eigenvalue weighted by Gasteiger charge is -2.24. The minimum absolute atomic E-state index is 0.0385. The molecule has 0 fully saturated rings. The molecule has 4 amide bonds. The summed E-state index contributed by atoms with van der Waals surface area (Å²) in [5.74, 6) is -1.92. The van der Waals surface area contributed by atoms with Gasteiger partial charge in [-0.3, -0.25) is 15.3 Å². The summed E-state index contributed by atoms with van der Waals surface area (Å²) in [5.41, 5.74) is 12.4. The number of urea groups is 1. The number of hydrogen-bond acceptors (Lipinski definition) is 4. The summed E-state index contributed by atoms with van der Waals surface area (Å²) in [4.78, 5) is 34.3. The fourth-order valence-corrected chi connectivity index (χ4v) is 1.54. The monoisotopic (exact) mass is 250 g/mol. The van der Waals surface area contributed by atoms with E-state index in [9.17, 15) is 14.4 Å². The van der Waals surface area contributed by atoms with Crippen molar-refractivity contribution in [1.82, 2.24) is 10.6 Å². The van der Waals surface area contributed by atoms with Crippen LogP contribution in [-0.2, 0) is 9.59 Å². The van der Waals surface area contributed by atoms with Crippen LogP contribution in [-0.4, -0.2) is 27.9 Å². The highest BCUT2D eigenvalue weighted by molar-refractivity contribution is 5.98. The van der Waals surface area contributed by atoms with Gasteiger partial charge in [-0.2, -0.15) is 0 Å². The average molecular weight is 250 g/mol. The Hall–Kier alpha value is -2.57. The molecule has 18 heavy (non-hydrogen) atoms. The molecule has 1 aromatic carbocycles. The Balaban J connectivity index is 3.24. The molecule has 1 radical (unpaired) electrons. The summed E-state index contributed by atoms with van der Waals surface area (Å²) in [6.07, 6.45) is 0. The maximum Gasteiger partial charge on any atom is 0.322 e. The summed E-state index contributed by atoms with van der Waals surface area (Å²) in [7, 11) is 0. The number of phenolic OH excluding ortho intramolecular Hbond substituents is 1. The molecule has 0 heterocycles. The quantitative estimate of drug-likeness (QED) is 0.793. The number of carbonyl (C=O) groups is 3. The maximum absolute atomic E-state index is 11.3. The van der Waals surface area contributed by atoms with Gasteiger partial charge in [0.05, 0.1) is 0 Å². The molecule has 0 bridgehead atoms. The third-order valence-corrected chi connectivity index (χ3v) is 2.29. The second kappa shape index (κ2) is 5.17. The first-order valence-corrected chi connectivity index (χ1v) is 4.98. The normalized spacial score (nSPS) is 11.6. The zero-order valence-corrected chi connectivity index (χ0v) is 9.58. The topological polar surface area (TPSA) is 125 Å². The highest BCUT2D eigenvalue weighted by Crippen LogP contribution is 2.23. The molecule has 0 aliphatic rings.